The standard InChI is InChI=1S/C36H49N5O4S/c1-23-12-11-13-24(2)34(23)45-22-32(43)39-29(19-27-14-9-8-10-15-27)31(42)21-41-17-16-28(20-30(41)35(44)40-36(5,6)7)46-33-18-25(3)37-26(4)38-33/h8-15,18,28-31,42H,16-17,19-22H2,1-7H3,(H,39,43)(H,40,44)/t28-,29+,30+,31-/m1/s1. The number of para-hydroxylation sites is 1. The minimum atomic E-state index is -0.925. The molecule has 1 fully saturated rings. The summed E-state index contributed by atoms with van der Waals surface area (Å²) in [6, 6.07) is 16.6. The Kier molecular flexibility index (Phi) is 12.2. The number of likely N-dealkylation sites (tertiary alicyclic amines) is 1. The molecule has 248 valence electrons. The van der Waals surface area contributed by atoms with Crippen molar-refractivity contribution in [3.63, 3.8) is 0 Å². The van der Waals surface area contributed by atoms with E-state index in [0.717, 1.165) is 39.7 Å². The number of piperidine rings is 1. The van der Waals surface area contributed by atoms with Gasteiger partial charge in [-0.3, -0.25) is 14.5 Å². The lowest BCUT2D eigenvalue weighted by atomic mass is 9.96. The van der Waals surface area contributed by atoms with Gasteiger partial charge in [-0.05, 0) is 90.5 Å². The first-order chi connectivity index (χ1) is 21.8. The van der Waals surface area contributed by atoms with Gasteiger partial charge in [0, 0.05) is 29.6 Å². The number of nitrogens with zero attached hydrogens (tertiary/aromatic N) is 3. The van der Waals surface area contributed by atoms with E-state index in [1.165, 1.54) is 0 Å². The van der Waals surface area contributed by atoms with E-state index in [1.54, 1.807) is 11.8 Å². The second-order valence-electron chi connectivity index (χ2n) is 13.3. The Labute approximate surface area is 277 Å². The van der Waals surface area contributed by atoms with Crippen LogP contribution in [0.25, 0.3) is 0 Å². The van der Waals surface area contributed by atoms with Gasteiger partial charge >= 0.3 is 0 Å². The number of rotatable bonds is 12. The summed E-state index contributed by atoms with van der Waals surface area (Å²) >= 11 is 1.68. The van der Waals surface area contributed by atoms with Crippen molar-refractivity contribution in [1.82, 2.24) is 25.5 Å². The Bertz CT molecular complexity index is 1440. The second-order valence-corrected chi connectivity index (χ2v) is 14.7. The smallest absolute Gasteiger partial charge is 0.258 e. The van der Waals surface area contributed by atoms with Crippen LogP contribution in [0.2, 0.25) is 0 Å². The fraction of sp³-hybridized carbons (Fsp3) is 0.500. The van der Waals surface area contributed by atoms with E-state index in [4.69, 9.17) is 4.74 Å². The molecule has 2 aromatic carbocycles. The summed E-state index contributed by atoms with van der Waals surface area (Å²) in [5.74, 6) is 1.05. The lowest BCUT2D eigenvalue weighted by molar-refractivity contribution is -0.130. The molecule has 1 aromatic heterocycles. The average molecular weight is 648 g/mol. The topological polar surface area (TPSA) is 117 Å². The zero-order valence-electron chi connectivity index (χ0n) is 28.2. The highest BCUT2D eigenvalue weighted by atomic mass is 32.2. The van der Waals surface area contributed by atoms with Crippen LogP contribution in [-0.4, -0.2) is 80.5 Å². The summed E-state index contributed by atoms with van der Waals surface area (Å²) in [6.45, 7) is 14.4. The first-order valence-electron chi connectivity index (χ1n) is 16.0. The Balaban J connectivity index is 1.49. The predicted octanol–water partition coefficient (Wildman–Crippen LogP) is 4.72. The van der Waals surface area contributed by atoms with Gasteiger partial charge < -0.3 is 20.5 Å². The first kappa shape index (κ1) is 35.4. The van der Waals surface area contributed by atoms with Crippen molar-refractivity contribution < 1.29 is 19.4 Å². The first-order valence-corrected chi connectivity index (χ1v) is 16.9. The van der Waals surface area contributed by atoms with Crippen LogP contribution in [-0.2, 0) is 16.0 Å². The van der Waals surface area contributed by atoms with Gasteiger partial charge in [-0.25, -0.2) is 9.97 Å². The molecule has 4 atom stereocenters. The maximum absolute atomic E-state index is 13.7. The molecule has 3 N–H and O–H groups in total. The number of ether oxygens (including phenoxy) is 1. The number of benzene rings is 2. The molecule has 2 amide bonds. The third kappa shape index (κ3) is 10.5. The Morgan fingerprint density at radius 1 is 1.04 bits per heavy atom. The maximum atomic E-state index is 13.7. The Morgan fingerprint density at radius 2 is 1.74 bits per heavy atom. The highest BCUT2D eigenvalue weighted by molar-refractivity contribution is 7.99. The molecular weight excluding hydrogens is 598 g/mol. The maximum Gasteiger partial charge on any atom is 0.258 e. The van der Waals surface area contributed by atoms with Crippen molar-refractivity contribution in [1.29, 1.82) is 0 Å². The van der Waals surface area contributed by atoms with E-state index in [1.807, 2.05) is 103 Å². The average Bonchev–Trinajstić information content (AvgIpc) is 2.96. The van der Waals surface area contributed by atoms with Crippen LogP contribution in [0.3, 0.4) is 0 Å². The molecule has 1 saturated heterocycles. The summed E-state index contributed by atoms with van der Waals surface area (Å²) < 4.78 is 5.91. The van der Waals surface area contributed by atoms with Gasteiger partial charge in [-0.1, -0.05) is 48.5 Å². The van der Waals surface area contributed by atoms with Gasteiger partial charge in [0.2, 0.25) is 5.91 Å². The molecule has 3 aromatic rings. The molecule has 1 aliphatic heterocycles. The van der Waals surface area contributed by atoms with Gasteiger partial charge in [0.15, 0.2) is 6.61 Å². The van der Waals surface area contributed by atoms with Crippen LogP contribution in [0.1, 0.15) is 61.8 Å². The lowest BCUT2D eigenvalue weighted by Crippen LogP contribution is -2.59. The van der Waals surface area contributed by atoms with Crippen molar-refractivity contribution in [3.8, 4) is 5.75 Å². The molecule has 9 nitrogen and oxygen atoms in total. The van der Waals surface area contributed by atoms with Crippen molar-refractivity contribution in [2.75, 3.05) is 19.7 Å². The molecule has 2 heterocycles. The molecule has 0 aliphatic carbocycles. The number of aryl methyl sites for hydroxylation is 4. The number of β-amino-alcohol motifs (C(OH)–C–C–N with tert-alkyl or cyclic N) is 1. The van der Waals surface area contributed by atoms with Crippen molar-refractivity contribution in [2.24, 2.45) is 0 Å². The summed E-state index contributed by atoms with van der Waals surface area (Å²) in [5, 5.41) is 19.0. The summed E-state index contributed by atoms with van der Waals surface area (Å²) in [6.07, 6.45) is 0.957. The Hall–Kier alpha value is -3.47. The largest absolute Gasteiger partial charge is 0.483 e. The molecule has 0 bridgehead atoms. The number of hydrogen-bond acceptors (Lipinski definition) is 8. The van der Waals surface area contributed by atoms with Crippen LogP contribution in [0.15, 0.2) is 59.6 Å². The van der Waals surface area contributed by atoms with Crippen LogP contribution in [0, 0.1) is 27.7 Å². The molecule has 1 aliphatic rings. The number of nitrogens with one attached hydrogen (secondary N) is 2. The zero-order chi connectivity index (χ0) is 33.4. The van der Waals surface area contributed by atoms with Gasteiger partial charge in [-0.15, -0.1) is 11.8 Å². The summed E-state index contributed by atoms with van der Waals surface area (Å²) in [7, 11) is 0. The minimum Gasteiger partial charge on any atom is -0.483 e. The summed E-state index contributed by atoms with van der Waals surface area (Å²) in [4.78, 5) is 37.9. The van der Waals surface area contributed by atoms with Crippen molar-refractivity contribution in [3.05, 3.63) is 82.8 Å². The molecule has 0 unspecified atom stereocenters. The number of aliphatic hydroxyl groups is 1. The number of thioether (sulfide) groups is 1. The fourth-order valence-corrected chi connectivity index (χ4v) is 7.15. The minimum absolute atomic E-state index is 0.0642. The van der Waals surface area contributed by atoms with Crippen LogP contribution >= 0.6 is 11.8 Å². The number of hydrogen-bond donors (Lipinski definition) is 3. The van der Waals surface area contributed by atoms with E-state index in [9.17, 15) is 14.7 Å². The van der Waals surface area contributed by atoms with Crippen molar-refractivity contribution >= 4 is 23.6 Å². The lowest BCUT2D eigenvalue weighted by Gasteiger charge is -2.41. The van der Waals surface area contributed by atoms with Crippen LogP contribution < -0.4 is 15.4 Å². The number of carbonyl (C=O) groups is 2. The third-order valence-electron chi connectivity index (χ3n) is 7.98. The third-order valence-corrected chi connectivity index (χ3v) is 9.20. The number of carbonyl (C=O) groups excluding carboxylic acids is 2. The molecule has 10 heteroatoms. The van der Waals surface area contributed by atoms with Gasteiger partial charge in [-0.2, -0.15) is 0 Å². The molecule has 4 rings (SSSR count). The normalized spacial score (nSPS) is 18.4. The second kappa shape index (κ2) is 15.9. The van der Waals surface area contributed by atoms with Gasteiger partial charge in [0.1, 0.15) is 16.6 Å². The Morgan fingerprint density at radius 3 is 2.39 bits per heavy atom. The van der Waals surface area contributed by atoms with Crippen molar-refractivity contribution in [2.45, 2.75) is 102 Å². The number of aromatic nitrogens is 2. The van der Waals surface area contributed by atoms with Gasteiger partial charge in [0.25, 0.3) is 5.91 Å². The number of aliphatic hydroxyl groups excluding tert-OH is 1. The highest BCUT2D eigenvalue weighted by Crippen LogP contribution is 2.33. The number of amides is 2. The van der Waals surface area contributed by atoms with Gasteiger partial charge in [0.05, 0.1) is 18.2 Å². The van der Waals surface area contributed by atoms with E-state index in [2.05, 4.69) is 25.5 Å². The molecule has 46 heavy (non-hydrogen) atoms. The van der Waals surface area contributed by atoms with Crippen LogP contribution in [0.4, 0.5) is 0 Å². The highest BCUT2D eigenvalue weighted by Gasteiger charge is 2.37. The van der Waals surface area contributed by atoms with E-state index in [-0.39, 0.29) is 30.2 Å². The quantitative estimate of drug-likeness (QED) is 0.242. The summed E-state index contributed by atoms with van der Waals surface area (Å²) in [5.41, 5.74) is 3.43. The van der Waals surface area contributed by atoms with E-state index in [0.29, 0.717) is 25.1 Å². The zero-order valence-corrected chi connectivity index (χ0v) is 29.0. The fourth-order valence-electron chi connectivity index (χ4n) is 5.88. The molecule has 0 saturated carbocycles. The molecule has 0 radical (unpaired) electrons. The van der Waals surface area contributed by atoms with E-state index >= 15 is 0 Å². The van der Waals surface area contributed by atoms with Crippen LogP contribution in [0.5, 0.6) is 5.75 Å². The predicted molar refractivity (Wildman–Crippen MR) is 183 cm³/mol. The SMILES string of the molecule is Cc1cc(S[C@@H]2CCN(C[C@@H](O)[C@H](Cc3ccccc3)NC(=O)COc3c(C)cccc3C)[C@H](C(=O)NC(C)(C)C)C2)nc(C)n1. The molecule has 0 spiro atoms. The molecular formula is C36H49N5O4S. The monoisotopic (exact) mass is 647 g/mol. The van der Waals surface area contributed by atoms with E-state index < -0.39 is 23.7 Å².